The summed E-state index contributed by atoms with van der Waals surface area (Å²) in [6, 6.07) is 7.14. The quantitative estimate of drug-likeness (QED) is 0.724. The number of aryl methyl sites for hydroxylation is 2. The van der Waals surface area contributed by atoms with Crippen molar-refractivity contribution in [3.8, 4) is 5.75 Å². The van der Waals surface area contributed by atoms with E-state index in [1.165, 1.54) is 11.8 Å². The van der Waals surface area contributed by atoms with Gasteiger partial charge < -0.3 is 10.1 Å². The van der Waals surface area contributed by atoms with Gasteiger partial charge in [0.05, 0.1) is 11.1 Å². The molecule has 0 bridgehead atoms. The number of thioether (sulfide) groups is 1. The molecule has 0 atom stereocenters. The largest absolute Gasteiger partial charge is 0.507 e. The van der Waals surface area contributed by atoms with Crippen molar-refractivity contribution in [1.29, 1.82) is 0 Å². The van der Waals surface area contributed by atoms with Gasteiger partial charge in [0, 0.05) is 9.77 Å². The second-order valence-electron chi connectivity index (χ2n) is 4.73. The summed E-state index contributed by atoms with van der Waals surface area (Å²) < 4.78 is 0. The zero-order valence-electron chi connectivity index (χ0n) is 11.6. The highest BCUT2D eigenvalue weighted by Gasteiger charge is 2.12. The maximum Gasteiger partial charge on any atom is 0.259 e. The summed E-state index contributed by atoms with van der Waals surface area (Å²) in [5.74, 6) is 1.38. The molecule has 0 amide bonds. The predicted octanol–water partition coefficient (Wildman–Crippen LogP) is 3.60. The van der Waals surface area contributed by atoms with Crippen molar-refractivity contribution < 1.29 is 5.11 Å². The van der Waals surface area contributed by atoms with Gasteiger partial charge in [-0.1, -0.05) is 12.1 Å². The molecule has 6 heteroatoms. The molecule has 108 valence electrons. The highest BCUT2D eigenvalue weighted by Crippen LogP contribution is 2.30. The van der Waals surface area contributed by atoms with Gasteiger partial charge in [-0.3, -0.25) is 4.79 Å². The molecule has 0 radical (unpaired) electrons. The van der Waals surface area contributed by atoms with Crippen LogP contribution in [-0.4, -0.2) is 15.1 Å². The Kier molecular flexibility index (Phi) is 3.73. The molecule has 21 heavy (non-hydrogen) atoms. The Morgan fingerprint density at radius 2 is 2.10 bits per heavy atom. The third-order valence-electron chi connectivity index (χ3n) is 3.32. The van der Waals surface area contributed by atoms with Crippen LogP contribution in [0.5, 0.6) is 5.75 Å². The number of aromatic nitrogens is 2. The second kappa shape index (κ2) is 5.54. The van der Waals surface area contributed by atoms with Crippen LogP contribution < -0.4 is 5.56 Å². The van der Waals surface area contributed by atoms with Gasteiger partial charge in [-0.15, -0.1) is 23.1 Å². The van der Waals surface area contributed by atoms with E-state index in [0.29, 0.717) is 17.0 Å². The fraction of sp³-hybridized carbons (Fsp3) is 0.200. The van der Waals surface area contributed by atoms with Crippen molar-refractivity contribution in [1.82, 2.24) is 9.97 Å². The Balaban J connectivity index is 1.92. The summed E-state index contributed by atoms with van der Waals surface area (Å²) in [6.07, 6.45) is 0. The molecule has 0 aliphatic carbocycles. The Bertz CT molecular complexity index is 868. The van der Waals surface area contributed by atoms with Gasteiger partial charge in [-0.05, 0) is 31.5 Å². The summed E-state index contributed by atoms with van der Waals surface area (Å²) in [4.78, 5) is 22.2. The molecule has 2 heterocycles. The van der Waals surface area contributed by atoms with Crippen LogP contribution in [0.3, 0.4) is 0 Å². The minimum atomic E-state index is -0.0882. The molecule has 3 rings (SSSR count). The highest BCUT2D eigenvalue weighted by atomic mass is 32.2. The van der Waals surface area contributed by atoms with E-state index in [0.717, 1.165) is 20.2 Å². The molecule has 0 spiro atoms. The summed E-state index contributed by atoms with van der Waals surface area (Å²) in [7, 11) is 0. The minimum absolute atomic E-state index is 0.0882. The van der Waals surface area contributed by atoms with Crippen molar-refractivity contribution in [3.63, 3.8) is 0 Å². The zero-order chi connectivity index (χ0) is 15.0. The maximum absolute atomic E-state index is 12.2. The van der Waals surface area contributed by atoms with Crippen LogP contribution in [-0.2, 0) is 5.75 Å². The van der Waals surface area contributed by atoms with Gasteiger partial charge >= 0.3 is 0 Å². The Hall–Kier alpha value is -1.79. The standard InChI is InChI=1S/C15H14N2O2S2/c1-8-9(2)21-15-13(8)14(19)16-12(17-15)7-20-11-6-4-3-5-10(11)18/h3-6,18H,7H2,1-2H3,(H,16,17,19). The summed E-state index contributed by atoms with van der Waals surface area (Å²) in [5, 5.41) is 10.4. The van der Waals surface area contributed by atoms with Crippen LogP contribution in [0, 0.1) is 13.8 Å². The lowest BCUT2D eigenvalue weighted by Crippen LogP contribution is -2.10. The molecular weight excluding hydrogens is 304 g/mol. The lowest BCUT2D eigenvalue weighted by molar-refractivity contribution is 0.462. The van der Waals surface area contributed by atoms with Gasteiger partial charge in [0.2, 0.25) is 0 Å². The fourth-order valence-electron chi connectivity index (χ4n) is 2.09. The highest BCUT2D eigenvalue weighted by molar-refractivity contribution is 7.98. The number of hydrogen-bond donors (Lipinski definition) is 2. The van der Waals surface area contributed by atoms with E-state index in [1.54, 1.807) is 23.5 Å². The number of benzene rings is 1. The molecule has 0 saturated carbocycles. The molecule has 0 aliphatic rings. The van der Waals surface area contributed by atoms with Crippen LogP contribution in [0.4, 0.5) is 0 Å². The fourth-order valence-corrected chi connectivity index (χ4v) is 3.96. The normalized spacial score (nSPS) is 11.1. The molecule has 2 N–H and O–H groups in total. The number of fused-ring (bicyclic) bond motifs is 1. The number of phenols is 1. The van der Waals surface area contributed by atoms with Crippen molar-refractivity contribution in [2.75, 3.05) is 0 Å². The number of phenolic OH excluding ortho intramolecular Hbond substituents is 1. The molecule has 2 aromatic heterocycles. The average Bonchev–Trinajstić information content (AvgIpc) is 2.73. The first kappa shape index (κ1) is 14.2. The van der Waals surface area contributed by atoms with E-state index < -0.39 is 0 Å². The maximum atomic E-state index is 12.2. The zero-order valence-corrected chi connectivity index (χ0v) is 13.3. The van der Waals surface area contributed by atoms with Gasteiger partial charge in [0.15, 0.2) is 0 Å². The third kappa shape index (κ3) is 2.69. The van der Waals surface area contributed by atoms with Crippen LogP contribution in [0.2, 0.25) is 0 Å². The van der Waals surface area contributed by atoms with Crippen molar-refractivity contribution >= 4 is 33.3 Å². The number of aromatic hydroxyl groups is 1. The van der Waals surface area contributed by atoms with Gasteiger partial charge in [0.25, 0.3) is 5.56 Å². The van der Waals surface area contributed by atoms with Crippen LogP contribution in [0.1, 0.15) is 16.3 Å². The van der Waals surface area contributed by atoms with Crippen molar-refractivity contribution in [2.45, 2.75) is 24.5 Å². The predicted molar refractivity (Wildman–Crippen MR) is 87.4 cm³/mol. The Morgan fingerprint density at radius 1 is 1.33 bits per heavy atom. The van der Waals surface area contributed by atoms with E-state index in [2.05, 4.69) is 9.97 Å². The SMILES string of the molecule is Cc1sc2nc(CSc3ccccc3O)[nH]c(=O)c2c1C. The number of hydrogen-bond acceptors (Lipinski definition) is 5. The summed E-state index contributed by atoms with van der Waals surface area (Å²) >= 11 is 2.99. The summed E-state index contributed by atoms with van der Waals surface area (Å²) in [6.45, 7) is 3.94. The molecule has 1 aromatic carbocycles. The molecule has 0 unspecified atom stereocenters. The van der Waals surface area contributed by atoms with E-state index in [9.17, 15) is 9.90 Å². The molecule has 3 aromatic rings. The number of para-hydroxylation sites is 1. The second-order valence-corrected chi connectivity index (χ2v) is 6.95. The molecule has 4 nitrogen and oxygen atoms in total. The van der Waals surface area contributed by atoms with E-state index in [1.807, 2.05) is 26.0 Å². The number of H-pyrrole nitrogens is 1. The van der Waals surface area contributed by atoms with Crippen molar-refractivity contribution in [2.24, 2.45) is 0 Å². The lowest BCUT2D eigenvalue weighted by atomic mass is 10.2. The topological polar surface area (TPSA) is 66.0 Å². The average molecular weight is 318 g/mol. The monoisotopic (exact) mass is 318 g/mol. The molecular formula is C15H14N2O2S2. The van der Waals surface area contributed by atoms with Crippen molar-refractivity contribution in [3.05, 3.63) is 50.9 Å². The third-order valence-corrected chi connectivity index (χ3v) is 5.49. The number of aromatic amines is 1. The molecule has 0 saturated heterocycles. The van der Waals surface area contributed by atoms with Gasteiger partial charge in [-0.25, -0.2) is 4.98 Å². The smallest absolute Gasteiger partial charge is 0.259 e. The van der Waals surface area contributed by atoms with Crippen LogP contribution in [0.15, 0.2) is 34.0 Å². The number of nitrogens with one attached hydrogen (secondary N) is 1. The minimum Gasteiger partial charge on any atom is -0.507 e. The van der Waals surface area contributed by atoms with Gasteiger partial charge in [-0.2, -0.15) is 0 Å². The first-order valence-corrected chi connectivity index (χ1v) is 8.26. The van der Waals surface area contributed by atoms with Crippen LogP contribution in [0.25, 0.3) is 10.2 Å². The van der Waals surface area contributed by atoms with Gasteiger partial charge in [0.1, 0.15) is 16.4 Å². The molecule has 0 fully saturated rings. The van der Waals surface area contributed by atoms with E-state index >= 15 is 0 Å². The lowest BCUT2D eigenvalue weighted by Gasteiger charge is -2.03. The van der Waals surface area contributed by atoms with E-state index in [-0.39, 0.29) is 11.3 Å². The Morgan fingerprint density at radius 3 is 2.86 bits per heavy atom. The Labute approximate surface area is 129 Å². The number of thiophene rings is 1. The number of rotatable bonds is 3. The summed E-state index contributed by atoms with van der Waals surface area (Å²) in [5.41, 5.74) is 0.915. The van der Waals surface area contributed by atoms with Crippen LogP contribution >= 0.6 is 23.1 Å². The first-order chi connectivity index (χ1) is 10.1. The molecule has 0 aliphatic heterocycles. The number of nitrogens with zero attached hydrogens (tertiary/aromatic N) is 1. The van der Waals surface area contributed by atoms with E-state index in [4.69, 9.17) is 0 Å². The first-order valence-electron chi connectivity index (χ1n) is 6.46.